The van der Waals surface area contributed by atoms with Gasteiger partial charge in [-0.25, -0.2) is 0 Å². The molecule has 0 aromatic heterocycles. The first-order valence-electron chi connectivity index (χ1n) is 6.36. The molecule has 2 aromatic rings. The maximum absolute atomic E-state index is 3.44. The highest BCUT2D eigenvalue weighted by atomic mass is 16.0. The molecule has 0 spiro atoms. The van der Waals surface area contributed by atoms with E-state index in [4.69, 9.17) is 0 Å². The normalized spacial score (nSPS) is 9.58. The van der Waals surface area contributed by atoms with Gasteiger partial charge in [0.05, 0.1) is 0 Å². The van der Waals surface area contributed by atoms with Crippen LogP contribution in [-0.4, -0.2) is 18.6 Å². The second-order valence-corrected chi connectivity index (χ2v) is 4.48. The van der Waals surface area contributed by atoms with E-state index in [2.05, 4.69) is 73.0 Å². The van der Waals surface area contributed by atoms with E-state index in [1.807, 2.05) is 0 Å². The SMILES string of the molecule is Cc1ccccc1NCCNc1ccccc1C.O. The van der Waals surface area contributed by atoms with Crippen LogP contribution in [0.4, 0.5) is 11.4 Å². The Hall–Kier alpha value is -2.00. The summed E-state index contributed by atoms with van der Waals surface area (Å²) in [6.45, 7) is 6.08. The second-order valence-electron chi connectivity index (χ2n) is 4.48. The Balaban J connectivity index is 0.00000180. The molecule has 0 saturated carbocycles. The van der Waals surface area contributed by atoms with Gasteiger partial charge in [-0.1, -0.05) is 36.4 Å². The van der Waals surface area contributed by atoms with Crippen LogP contribution in [0.25, 0.3) is 0 Å². The lowest BCUT2D eigenvalue weighted by Crippen LogP contribution is -2.14. The van der Waals surface area contributed by atoms with Crippen LogP contribution in [0.3, 0.4) is 0 Å². The highest BCUT2D eigenvalue weighted by Gasteiger charge is 1.97. The fourth-order valence-electron chi connectivity index (χ4n) is 1.94. The van der Waals surface area contributed by atoms with Crippen molar-refractivity contribution in [3.8, 4) is 0 Å². The summed E-state index contributed by atoms with van der Waals surface area (Å²) in [5, 5.41) is 6.88. The van der Waals surface area contributed by atoms with Crippen molar-refractivity contribution in [3.05, 3.63) is 59.7 Å². The highest BCUT2D eigenvalue weighted by Crippen LogP contribution is 2.14. The number of para-hydroxylation sites is 2. The van der Waals surface area contributed by atoms with Crippen molar-refractivity contribution >= 4 is 11.4 Å². The molecule has 2 rings (SSSR count). The zero-order valence-electron chi connectivity index (χ0n) is 11.5. The minimum Gasteiger partial charge on any atom is -0.412 e. The number of anilines is 2. The summed E-state index contributed by atoms with van der Waals surface area (Å²) in [5.41, 5.74) is 5.00. The third-order valence-corrected chi connectivity index (χ3v) is 3.05. The summed E-state index contributed by atoms with van der Waals surface area (Å²) in [7, 11) is 0. The lowest BCUT2D eigenvalue weighted by molar-refractivity contribution is 0.824. The van der Waals surface area contributed by atoms with E-state index < -0.39 is 0 Å². The maximum atomic E-state index is 3.44. The van der Waals surface area contributed by atoms with Crippen LogP contribution < -0.4 is 10.6 Å². The molecule has 2 aromatic carbocycles. The highest BCUT2D eigenvalue weighted by molar-refractivity contribution is 5.52. The molecule has 0 fully saturated rings. The third-order valence-electron chi connectivity index (χ3n) is 3.05. The van der Waals surface area contributed by atoms with Crippen molar-refractivity contribution in [3.63, 3.8) is 0 Å². The fraction of sp³-hybridized carbons (Fsp3) is 0.250. The van der Waals surface area contributed by atoms with Gasteiger partial charge in [-0.2, -0.15) is 0 Å². The quantitative estimate of drug-likeness (QED) is 0.810. The fourth-order valence-corrected chi connectivity index (χ4v) is 1.94. The lowest BCUT2D eigenvalue weighted by Gasteiger charge is -2.12. The van der Waals surface area contributed by atoms with E-state index in [0.717, 1.165) is 13.1 Å². The third kappa shape index (κ3) is 4.30. The Labute approximate surface area is 115 Å². The number of hydrogen-bond acceptors (Lipinski definition) is 2. The van der Waals surface area contributed by atoms with Crippen molar-refractivity contribution in [1.29, 1.82) is 0 Å². The molecule has 3 nitrogen and oxygen atoms in total. The standard InChI is InChI=1S/C16H20N2.H2O/c1-13-7-3-5-9-15(13)17-11-12-18-16-10-6-4-8-14(16)2;/h3-10,17-18H,11-12H2,1-2H3;1H2. The Bertz CT molecular complexity index is 464. The van der Waals surface area contributed by atoms with Gasteiger partial charge in [0.2, 0.25) is 0 Å². The summed E-state index contributed by atoms with van der Waals surface area (Å²) in [6, 6.07) is 16.7. The number of hydrogen-bond donors (Lipinski definition) is 2. The van der Waals surface area contributed by atoms with Crippen molar-refractivity contribution in [2.75, 3.05) is 23.7 Å². The zero-order chi connectivity index (χ0) is 12.8. The summed E-state index contributed by atoms with van der Waals surface area (Å²) >= 11 is 0. The molecule has 0 amide bonds. The molecule has 19 heavy (non-hydrogen) atoms. The molecule has 0 radical (unpaired) electrons. The Kier molecular flexibility index (Phi) is 5.90. The predicted molar refractivity (Wildman–Crippen MR) is 83.0 cm³/mol. The molecule has 0 unspecified atom stereocenters. The average Bonchev–Trinajstić information content (AvgIpc) is 2.38. The van der Waals surface area contributed by atoms with Gasteiger partial charge in [-0.05, 0) is 37.1 Å². The lowest BCUT2D eigenvalue weighted by atomic mass is 10.2. The number of aryl methyl sites for hydroxylation is 2. The smallest absolute Gasteiger partial charge is 0.0370 e. The van der Waals surface area contributed by atoms with Crippen LogP contribution in [0.2, 0.25) is 0 Å². The van der Waals surface area contributed by atoms with Gasteiger partial charge in [-0.15, -0.1) is 0 Å². The molecule has 0 aliphatic heterocycles. The number of nitrogens with one attached hydrogen (secondary N) is 2. The molecule has 4 N–H and O–H groups in total. The molecular weight excluding hydrogens is 236 g/mol. The zero-order valence-corrected chi connectivity index (χ0v) is 11.5. The summed E-state index contributed by atoms with van der Waals surface area (Å²) in [6.07, 6.45) is 0. The maximum Gasteiger partial charge on any atom is 0.0370 e. The molecule has 3 heteroatoms. The van der Waals surface area contributed by atoms with Gasteiger partial charge in [-0.3, -0.25) is 0 Å². The van der Waals surface area contributed by atoms with Crippen LogP contribution in [0.1, 0.15) is 11.1 Å². The van der Waals surface area contributed by atoms with Crippen molar-refractivity contribution < 1.29 is 5.48 Å². The number of rotatable bonds is 5. The van der Waals surface area contributed by atoms with Crippen LogP contribution in [0.15, 0.2) is 48.5 Å². The average molecular weight is 258 g/mol. The minimum atomic E-state index is 0. The first-order chi connectivity index (χ1) is 8.77. The Morgan fingerprint density at radius 1 is 0.684 bits per heavy atom. The number of benzene rings is 2. The van der Waals surface area contributed by atoms with Crippen LogP contribution >= 0.6 is 0 Å². The molecule has 102 valence electrons. The summed E-state index contributed by atoms with van der Waals surface area (Å²) < 4.78 is 0. The van der Waals surface area contributed by atoms with Gasteiger partial charge in [0.25, 0.3) is 0 Å². The Morgan fingerprint density at radius 2 is 1.05 bits per heavy atom. The monoisotopic (exact) mass is 258 g/mol. The van der Waals surface area contributed by atoms with Crippen LogP contribution in [-0.2, 0) is 0 Å². The van der Waals surface area contributed by atoms with Gasteiger partial charge in [0.15, 0.2) is 0 Å². The molecule has 0 atom stereocenters. The van der Waals surface area contributed by atoms with Gasteiger partial charge in [0.1, 0.15) is 0 Å². The molecule has 0 heterocycles. The van der Waals surface area contributed by atoms with Crippen LogP contribution in [0, 0.1) is 13.8 Å². The molecule has 0 bridgehead atoms. The van der Waals surface area contributed by atoms with E-state index in [1.54, 1.807) is 0 Å². The van der Waals surface area contributed by atoms with Crippen molar-refractivity contribution in [2.45, 2.75) is 13.8 Å². The predicted octanol–water partition coefficient (Wildman–Crippen LogP) is 3.00. The van der Waals surface area contributed by atoms with Crippen LogP contribution in [0.5, 0.6) is 0 Å². The minimum absolute atomic E-state index is 0. The first kappa shape index (κ1) is 15.1. The Morgan fingerprint density at radius 3 is 1.42 bits per heavy atom. The summed E-state index contributed by atoms with van der Waals surface area (Å²) in [4.78, 5) is 0. The second kappa shape index (κ2) is 7.44. The van der Waals surface area contributed by atoms with Gasteiger partial charge < -0.3 is 16.1 Å². The molecular formula is C16H22N2O. The van der Waals surface area contributed by atoms with Gasteiger partial charge in [0, 0.05) is 24.5 Å². The van der Waals surface area contributed by atoms with E-state index >= 15 is 0 Å². The molecule has 0 saturated heterocycles. The first-order valence-corrected chi connectivity index (χ1v) is 6.36. The topological polar surface area (TPSA) is 55.6 Å². The van der Waals surface area contributed by atoms with E-state index in [9.17, 15) is 0 Å². The largest absolute Gasteiger partial charge is 0.412 e. The molecule has 0 aliphatic rings. The summed E-state index contributed by atoms with van der Waals surface area (Å²) in [5.74, 6) is 0. The molecule has 0 aliphatic carbocycles. The van der Waals surface area contributed by atoms with E-state index in [-0.39, 0.29) is 5.48 Å². The van der Waals surface area contributed by atoms with Crippen molar-refractivity contribution in [2.24, 2.45) is 0 Å². The van der Waals surface area contributed by atoms with Crippen molar-refractivity contribution in [1.82, 2.24) is 0 Å². The van der Waals surface area contributed by atoms with Gasteiger partial charge >= 0.3 is 0 Å². The van der Waals surface area contributed by atoms with E-state index in [0.29, 0.717) is 0 Å². The van der Waals surface area contributed by atoms with E-state index in [1.165, 1.54) is 22.5 Å².